The Kier molecular flexibility index (Phi) is 3.65. The van der Waals surface area contributed by atoms with Crippen LogP contribution < -0.4 is 0 Å². The third-order valence-electron chi connectivity index (χ3n) is 4.57. The summed E-state index contributed by atoms with van der Waals surface area (Å²) < 4.78 is 5.43. The number of nitrogens with zero attached hydrogens (tertiary/aromatic N) is 1. The summed E-state index contributed by atoms with van der Waals surface area (Å²) in [7, 11) is 0. The summed E-state index contributed by atoms with van der Waals surface area (Å²) in [6, 6.07) is 11.6. The third-order valence-corrected chi connectivity index (χ3v) is 5.55. The molecule has 1 amide bonds. The maximum atomic E-state index is 12.9. The van der Waals surface area contributed by atoms with E-state index in [9.17, 15) is 9.59 Å². The van der Waals surface area contributed by atoms with Crippen molar-refractivity contribution in [1.82, 2.24) is 4.90 Å². The normalized spacial score (nSPS) is 23.5. The van der Waals surface area contributed by atoms with Crippen LogP contribution in [0.3, 0.4) is 0 Å². The van der Waals surface area contributed by atoms with Crippen LogP contribution in [0.1, 0.15) is 39.7 Å². The molecule has 3 heterocycles. The highest BCUT2D eigenvalue weighted by Crippen LogP contribution is 2.35. The van der Waals surface area contributed by atoms with Crippen molar-refractivity contribution >= 4 is 23.2 Å². The number of rotatable bonds is 2. The number of amides is 1. The molecule has 1 fully saturated rings. The van der Waals surface area contributed by atoms with Gasteiger partial charge < -0.3 is 9.64 Å². The van der Waals surface area contributed by atoms with Gasteiger partial charge in [0, 0.05) is 17.8 Å². The van der Waals surface area contributed by atoms with Crippen LogP contribution in [0, 0.1) is 0 Å². The molecule has 5 heteroatoms. The SMILES string of the molecule is O=C1O[C@@H](C(=O)N2CCC[C@@H]2c2cccs2)Cc2ccccc21. The number of cyclic esters (lactones) is 1. The van der Waals surface area contributed by atoms with Gasteiger partial charge in [0.25, 0.3) is 5.91 Å². The average molecular weight is 327 g/mol. The van der Waals surface area contributed by atoms with E-state index < -0.39 is 12.1 Å². The Morgan fingerprint density at radius 3 is 2.91 bits per heavy atom. The van der Waals surface area contributed by atoms with E-state index in [-0.39, 0.29) is 11.9 Å². The zero-order chi connectivity index (χ0) is 15.8. The number of hydrogen-bond donors (Lipinski definition) is 0. The van der Waals surface area contributed by atoms with Gasteiger partial charge in [-0.1, -0.05) is 24.3 Å². The minimum absolute atomic E-state index is 0.0660. The fraction of sp³-hybridized carbons (Fsp3) is 0.333. The standard InChI is InChI=1S/C18H17NO3S/c20-17(19-9-3-7-14(19)16-8-4-10-23-16)15-11-12-5-1-2-6-13(12)18(21)22-15/h1-2,4-6,8,10,14-15H,3,7,9,11H2/t14-,15-/m1/s1. The summed E-state index contributed by atoms with van der Waals surface area (Å²) in [4.78, 5) is 28.1. The molecule has 0 saturated carbocycles. The Bertz CT molecular complexity index is 740. The number of hydrogen-bond acceptors (Lipinski definition) is 4. The lowest BCUT2D eigenvalue weighted by molar-refractivity contribution is -0.142. The average Bonchev–Trinajstić information content (AvgIpc) is 3.25. The monoisotopic (exact) mass is 327 g/mol. The first kappa shape index (κ1) is 14.5. The molecular formula is C18H17NO3S. The minimum Gasteiger partial charge on any atom is -0.448 e. The van der Waals surface area contributed by atoms with E-state index in [4.69, 9.17) is 4.74 Å². The number of benzene rings is 1. The molecule has 0 radical (unpaired) electrons. The Hall–Kier alpha value is -2.14. The molecule has 2 aliphatic heterocycles. The molecule has 2 aromatic rings. The topological polar surface area (TPSA) is 46.6 Å². The molecule has 118 valence electrons. The highest BCUT2D eigenvalue weighted by Gasteiger charge is 2.38. The van der Waals surface area contributed by atoms with Gasteiger partial charge in [-0.05, 0) is 35.9 Å². The van der Waals surface area contributed by atoms with Gasteiger partial charge >= 0.3 is 5.97 Å². The first-order valence-electron chi connectivity index (χ1n) is 7.87. The summed E-state index contributed by atoms with van der Waals surface area (Å²) in [5.74, 6) is -0.458. The lowest BCUT2D eigenvalue weighted by Crippen LogP contribution is -2.44. The Balaban J connectivity index is 1.57. The van der Waals surface area contributed by atoms with Crippen molar-refractivity contribution in [2.75, 3.05) is 6.54 Å². The molecule has 1 aromatic heterocycles. The van der Waals surface area contributed by atoms with Crippen molar-refractivity contribution in [3.63, 3.8) is 0 Å². The maximum absolute atomic E-state index is 12.9. The Morgan fingerprint density at radius 2 is 2.09 bits per heavy atom. The van der Waals surface area contributed by atoms with E-state index in [1.54, 1.807) is 17.4 Å². The van der Waals surface area contributed by atoms with Crippen molar-refractivity contribution in [3.05, 3.63) is 57.8 Å². The minimum atomic E-state index is -0.696. The van der Waals surface area contributed by atoms with Gasteiger partial charge in [-0.2, -0.15) is 0 Å². The zero-order valence-electron chi connectivity index (χ0n) is 12.6. The highest BCUT2D eigenvalue weighted by atomic mass is 32.1. The molecular weight excluding hydrogens is 310 g/mol. The van der Waals surface area contributed by atoms with E-state index in [1.165, 1.54) is 4.88 Å². The predicted octanol–water partition coefficient (Wildman–Crippen LogP) is 3.19. The number of carbonyl (C=O) groups excluding carboxylic acids is 2. The Morgan fingerprint density at radius 1 is 1.22 bits per heavy atom. The fourth-order valence-electron chi connectivity index (χ4n) is 3.46. The van der Waals surface area contributed by atoms with Crippen LogP contribution in [0.4, 0.5) is 0 Å². The van der Waals surface area contributed by atoms with E-state index in [1.807, 2.05) is 34.5 Å². The molecule has 4 nitrogen and oxygen atoms in total. The summed E-state index contributed by atoms with van der Waals surface area (Å²) in [6.45, 7) is 0.733. The first-order chi connectivity index (χ1) is 11.2. The maximum Gasteiger partial charge on any atom is 0.339 e. The molecule has 23 heavy (non-hydrogen) atoms. The molecule has 0 bridgehead atoms. The summed E-state index contributed by atoms with van der Waals surface area (Å²) in [5, 5.41) is 2.03. The van der Waals surface area contributed by atoms with E-state index in [0.717, 1.165) is 24.9 Å². The molecule has 0 aliphatic carbocycles. The smallest absolute Gasteiger partial charge is 0.339 e. The first-order valence-corrected chi connectivity index (χ1v) is 8.75. The third kappa shape index (κ3) is 2.55. The number of thiophene rings is 1. The second-order valence-electron chi connectivity index (χ2n) is 5.96. The molecule has 0 unspecified atom stereocenters. The van der Waals surface area contributed by atoms with Gasteiger partial charge in [-0.25, -0.2) is 4.79 Å². The second-order valence-corrected chi connectivity index (χ2v) is 6.94. The van der Waals surface area contributed by atoms with Crippen LogP contribution in [-0.2, 0) is 16.0 Å². The van der Waals surface area contributed by atoms with Gasteiger partial charge in [-0.3, -0.25) is 4.79 Å². The number of ether oxygens (including phenoxy) is 1. The molecule has 0 spiro atoms. The van der Waals surface area contributed by atoms with Gasteiger partial charge in [0.15, 0.2) is 6.10 Å². The molecule has 2 aliphatic rings. The lowest BCUT2D eigenvalue weighted by Gasteiger charge is -2.30. The highest BCUT2D eigenvalue weighted by molar-refractivity contribution is 7.10. The van der Waals surface area contributed by atoms with Gasteiger partial charge in [-0.15, -0.1) is 11.3 Å². The molecule has 1 aromatic carbocycles. The van der Waals surface area contributed by atoms with Crippen LogP contribution in [0.5, 0.6) is 0 Å². The quantitative estimate of drug-likeness (QED) is 0.796. The number of likely N-dealkylation sites (tertiary alicyclic amines) is 1. The fourth-order valence-corrected chi connectivity index (χ4v) is 4.33. The van der Waals surface area contributed by atoms with Crippen molar-refractivity contribution in [2.24, 2.45) is 0 Å². The van der Waals surface area contributed by atoms with Crippen molar-refractivity contribution in [1.29, 1.82) is 0 Å². The van der Waals surface area contributed by atoms with Gasteiger partial charge in [0.1, 0.15) is 0 Å². The predicted molar refractivity (Wildman–Crippen MR) is 87.4 cm³/mol. The molecule has 4 rings (SSSR count). The second kappa shape index (κ2) is 5.81. The molecule has 1 saturated heterocycles. The molecule has 2 atom stereocenters. The van der Waals surface area contributed by atoms with Crippen molar-refractivity contribution in [3.8, 4) is 0 Å². The van der Waals surface area contributed by atoms with Crippen molar-refractivity contribution < 1.29 is 14.3 Å². The largest absolute Gasteiger partial charge is 0.448 e. The van der Waals surface area contributed by atoms with E-state index in [2.05, 4.69) is 6.07 Å². The Labute approximate surface area is 138 Å². The number of fused-ring (bicyclic) bond motifs is 1. The van der Waals surface area contributed by atoms with Crippen LogP contribution in [0.25, 0.3) is 0 Å². The summed E-state index contributed by atoms with van der Waals surface area (Å²) in [6.07, 6.45) is 1.74. The van der Waals surface area contributed by atoms with Gasteiger partial charge in [0.2, 0.25) is 0 Å². The van der Waals surface area contributed by atoms with Gasteiger partial charge in [0.05, 0.1) is 11.6 Å². The van der Waals surface area contributed by atoms with Crippen molar-refractivity contribution in [2.45, 2.75) is 31.4 Å². The molecule has 0 N–H and O–H groups in total. The van der Waals surface area contributed by atoms with Crippen LogP contribution in [0.15, 0.2) is 41.8 Å². The summed E-state index contributed by atoms with van der Waals surface area (Å²) in [5.41, 5.74) is 1.47. The summed E-state index contributed by atoms with van der Waals surface area (Å²) >= 11 is 1.68. The number of esters is 1. The van der Waals surface area contributed by atoms with Crippen LogP contribution in [0.2, 0.25) is 0 Å². The van der Waals surface area contributed by atoms with E-state index in [0.29, 0.717) is 12.0 Å². The lowest BCUT2D eigenvalue weighted by atomic mass is 9.98. The van der Waals surface area contributed by atoms with Crippen LogP contribution in [-0.4, -0.2) is 29.4 Å². The van der Waals surface area contributed by atoms with Crippen LogP contribution >= 0.6 is 11.3 Å². The van der Waals surface area contributed by atoms with E-state index >= 15 is 0 Å². The zero-order valence-corrected chi connectivity index (χ0v) is 13.4. The number of carbonyl (C=O) groups is 2.